The molecule has 1 aliphatic heterocycles. The summed E-state index contributed by atoms with van der Waals surface area (Å²) in [7, 11) is 0. The fourth-order valence-corrected chi connectivity index (χ4v) is 3.14. The molecule has 17 heavy (non-hydrogen) atoms. The highest BCUT2D eigenvalue weighted by atomic mass is 35.5. The number of nitrogens with two attached hydrogens (primary N) is 1. The van der Waals surface area contributed by atoms with Crippen LogP contribution < -0.4 is 5.73 Å². The van der Waals surface area contributed by atoms with Crippen molar-refractivity contribution in [3.05, 3.63) is 34.9 Å². The molecule has 0 aromatic heterocycles. The molecule has 2 nitrogen and oxygen atoms in total. The third kappa shape index (κ3) is 2.82. The summed E-state index contributed by atoms with van der Waals surface area (Å²) in [4.78, 5) is 2.51. The van der Waals surface area contributed by atoms with Crippen LogP contribution in [0.2, 0.25) is 5.02 Å². The zero-order chi connectivity index (χ0) is 12.4. The highest BCUT2D eigenvalue weighted by Gasteiger charge is 2.31. The third-order valence-corrected chi connectivity index (χ3v) is 3.92. The molecule has 1 fully saturated rings. The normalized spacial score (nSPS) is 27.3. The summed E-state index contributed by atoms with van der Waals surface area (Å²) in [5.74, 6) is 0.762. The molecule has 1 aromatic carbocycles. The molecule has 0 radical (unpaired) electrons. The van der Waals surface area contributed by atoms with E-state index in [4.69, 9.17) is 17.3 Å². The van der Waals surface area contributed by atoms with Crippen LogP contribution >= 0.6 is 11.6 Å². The van der Waals surface area contributed by atoms with Crippen LogP contribution in [0.5, 0.6) is 0 Å². The maximum atomic E-state index is 6.06. The fourth-order valence-electron chi connectivity index (χ4n) is 2.94. The monoisotopic (exact) mass is 252 g/mol. The topological polar surface area (TPSA) is 29.3 Å². The molecule has 0 amide bonds. The molecule has 3 unspecified atom stereocenters. The lowest BCUT2D eigenvalue weighted by Crippen LogP contribution is -2.36. The van der Waals surface area contributed by atoms with Gasteiger partial charge in [0.1, 0.15) is 0 Å². The Labute approximate surface area is 109 Å². The molecule has 3 heteroatoms. The van der Waals surface area contributed by atoms with Gasteiger partial charge in [0.2, 0.25) is 0 Å². The molecule has 1 saturated heterocycles. The minimum Gasteiger partial charge on any atom is -0.329 e. The maximum absolute atomic E-state index is 6.06. The summed E-state index contributed by atoms with van der Waals surface area (Å²) in [6, 6.07) is 8.98. The zero-order valence-electron chi connectivity index (χ0n) is 10.6. The van der Waals surface area contributed by atoms with Crippen molar-refractivity contribution in [1.29, 1.82) is 0 Å². The third-order valence-electron chi connectivity index (χ3n) is 3.69. The Bertz CT molecular complexity index is 380. The first-order valence-electron chi connectivity index (χ1n) is 6.33. The van der Waals surface area contributed by atoms with Crippen molar-refractivity contribution in [3.8, 4) is 0 Å². The van der Waals surface area contributed by atoms with Gasteiger partial charge in [0.25, 0.3) is 0 Å². The summed E-state index contributed by atoms with van der Waals surface area (Å²) in [6.07, 6.45) is 1.26. The van der Waals surface area contributed by atoms with E-state index in [-0.39, 0.29) is 0 Å². The average Bonchev–Trinajstić information content (AvgIpc) is 2.59. The van der Waals surface area contributed by atoms with Gasteiger partial charge in [-0.15, -0.1) is 0 Å². The largest absolute Gasteiger partial charge is 0.329 e. The Kier molecular flexibility index (Phi) is 4.08. The SMILES string of the molecule is CC1CC(C)N(C(CN)c2cccc(Cl)c2)C1. The van der Waals surface area contributed by atoms with Gasteiger partial charge in [-0.1, -0.05) is 30.7 Å². The van der Waals surface area contributed by atoms with E-state index >= 15 is 0 Å². The zero-order valence-corrected chi connectivity index (χ0v) is 11.3. The molecule has 1 heterocycles. The Hall–Kier alpha value is -0.570. The smallest absolute Gasteiger partial charge is 0.0473 e. The van der Waals surface area contributed by atoms with Gasteiger partial charge in [-0.3, -0.25) is 4.90 Å². The van der Waals surface area contributed by atoms with Gasteiger partial charge in [0.15, 0.2) is 0 Å². The van der Waals surface area contributed by atoms with Crippen molar-refractivity contribution in [2.45, 2.75) is 32.4 Å². The number of hydrogen-bond acceptors (Lipinski definition) is 2. The van der Waals surface area contributed by atoms with Crippen LogP contribution in [0, 0.1) is 5.92 Å². The van der Waals surface area contributed by atoms with E-state index in [0.717, 1.165) is 17.5 Å². The predicted molar refractivity (Wildman–Crippen MR) is 73.2 cm³/mol. The highest BCUT2D eigenvalue weighted by Crippen LogP contribution is 2.32. The van der Waals surface area contributed by atoms with Crippen LogP contribution in [-0.2, 0) is 0 Å². The molecule has 0 spiro atoms. The van der Waals surface area contributed by atoms with Gasteiger partial charge in [-0.05, 0) is 37.0 Å². The van der Waals surface area contributed by atoms with Crippen LogP contribution in [0.1, 0.15) is 31.9 Å². The van der Waals surface area contributed by atoms with Gasteiger partial charge in [-0.2, -0.15) is 0 Å². The van der Waals surface area contributed by atoms with Gasteiger partial charge in [-0.25, -0.2) is 0 Å². The standard InChI is InChI=1S/C14H21ClN2/c1-10-6-11(2)17(9-10)14(8-16)12-4-3-5-13(15)7-12/h3-5,7,10-11,14H,6,8-9,16H2,1-2H3. The van der Waals surface area contributed by atoms with Crippen LogP contribution in [0.3, 0.4) is 0 Å². The molecule has 94 valence electrons. The molecule has 0 saturated carbocycles. The first-order chi connectivity index (χ1) is 8.11. The number of likely N-dealkylation sites (tertiary alicyclic amines) is 1. The second-order valence-corrected chi connectivity index (χ2v) is 5.63. The average molecular weight is 253 g/mol. The number of halogens is 1. The predicted octanol–water partition coefficient (Wildman–Crippen LogP) is 3.07. The maximum Gasteiger partial charge on any atom is 0.0473 e. The Morgan fingerprint density at radius 2 is 2.24 bits per heavy atom. The summed E-state index contributed by atoms with van der Waals surface area (Å²) in [5.41, 5.74) is 7.19. The van der Waals surface area contributed by atoms with E-state index < -0.39 is 0 Å². The molecule has 2 N–H and O–H groups in total. The molecule has 1 aliphatic rings. The Morgan fingerprint density at radius 3 is 2.76 bits per heavy atom. The van der Waals surface area contributed by atoms with Crippen molar-refractivity contribution in [2.75, 3.05) is 13.1 Å². The molecule has 3 atom stereocenters. The fraction of sp³-hybridized carbons (Fsp3) is 0.571. The minimum absolute atomic E-state index is 0.300. The lowest BCUT2D eigenvalue weighted by molar-refractivity contribution is 0.192. The van der Waals surface area contributed by atoms with E-state index in [9.17, 15) is 0 Å². The first kappa shape index (κ1) is 12.9. The van der Waals surface area contributed by atoms with Crippen LogP contribution in [-0.4, -0.2) is 24.0 Å². The number of rotatable bonds is 3. The summed E-state index contributed by atoms with van der Waals surface area (Å²) in [6.45, 7) is 6.38. The minimum atomic E-state index is 0.300. The molecule has 0 aliphatic carbocycles. The molecule has 0 bridgehead atoms. The van der Waals surface area contributed by atoms with Crippen molar-refractivity contribution in [1.82, 2.24) is 4.90 Å². The second-order valence-electron chi connectivity index (χ2n) is 5.19. The van der Waals surface area contributed by atoms with Crippen molar-refractivity contribution in [2.24, 2.45) is 11.7 Å². The first-order valence-corrected chi connectivity index (χ1v) is 6.71. The quantitative estimate of drug-likeness (QED) is 0.896. The van der Waals surface area contributed by atoms with Crippen molar-refractivity contribution < 1.29 is 0 Å². The van der Waals surface area contributed by atoms with Crippen LogP contribution in [0.4, 0.5) is 0 Å². The lowest BCUT2D eigenvalue weighted by Gasteiger charge is -2.31. The van der Waals surface area contributed by atoms with Crippen molar-refractivity contribution in [3.63, 3.8) is 0 Å². The number of hydrogen-bond donors (Lipinski definition) is 1. The molecule has 2 rings (SSSR count). The van der Waals surface area contributed by atoms with Crippen LogP contribution in [0.25, 0.3) is 0 Å². The summed E-state index contributed by atoms with van der Waals surface area (Å²) >= 11 is 6.06. The molecular weight excluding hydrogens is 232 g/mol. The number of benzene rings is 1. The summed E-state index contributed by atoms with van der Waals surface area (Å²) in [5, 5.41) is 0.792. The van der Waals surface area contributed by atoms with Crippen LogP contribution in [0.15, 0.2) is 24.3 Å². The van der Waals surface area contributed by atoms with Crippen molar-refractivity contribution >= 4 is 11.6 Å². The molecule has 1 aromatic rings. The van der Waals surface area contributed by atoms with E-state index in [0.29, 0.717) is 18.6 Å². The number of nitrogens with zero attached hydrogens (tertiary/aromatic N) is 1. The van der Waals surface area contributed by atoms with E-state index in [1.54, 1.807) is 0 Å². The summed E-state index contributed by atoms with van der Waals surface area (Å²) < 4.78 is 0. The lowest BCUT2D eigenvalue weighted by atomic mass is 10.0. The van der Waals surface area contributed by atoms with Gasteiger partial charge in [0, 0.05) is 30.2 Å². The van der Waals surface area contributed by atoms with Gasteiger partial charge >= 0.3 is 0 Å². The Balaban J connectivity index is 2.21. The van der Waals surface area contributed by atoms with Gasteiger partial charge in [0.05, 0.1) is 0 Å². The van der Waals surface area contributed by atoms with Gasteiger partial charge < -0.3 is 5.73 Å². The second kappa shape index (κ2) is 5.38. The Morgan fingerprint density at radius 1 is 1.47 bits per heavy atom. The molecular formula is C14H21ClN2. The van der Waals surface area contributed by atoms with E-state index in [2.05, 4.69) is 24.8 Å². The van der Waals surface area contributed by atoms with E-state index in [1.807, 2.05) is 18.2 Å². The van der Waals surface area contributed by atoms with E-state index in [1.165, 1.54) is 12.0 Å². The highest BCUT2D eigenvalue weighted by molar-refractivity contribution is 6.30.